The maximum absolute atomic E-state index is 12.7. The molecule has 0 radical (unpaired) electrons. The first-order chi connectivity index (χ1) is 10.7. The SMILES string of the molecule is CC(C)(C)C(=O)[C@@H](C(=O)Nc1ccccc1)N1C(=O)CCC1=O. The highest BCUT2D eigenvalue weighted by Gasteiger charge is 2.46. The molecule has 1 fully saturated rings. The molecule has 0 unspecified atom stereocenters. The number of nitrogens with one attached hydrogen (secondary N) is 1. The summed E-state index contributed by atoms with van der Waals surface area (Å²) in [5.41, 5.74) is -0.356. The Hall–Kier alpha value is -2.50. The molecular weight excluding hydrogens is 296 g/mol. The third kappa shape index (κ3) is 3.64. The van der Waals surface area contributed by atoms with E-state index < -0.39 is 35.0 Å². The molecule has 122 valence electrons. The third-order valence-electron chi connectivity index (χ3n) is 3.63. The molecule has 23 heavy (non-hydrogen) atoms. The van der Waals surface area contributed by atoms with Crippen molar-refractivity contribution in [3.8, 4) is 0 Å². The fourth-order valence-corrected chi connectivity index (χ4v) is 2.38. The number of benzene rings is 1. The molecule has 2 rings (SSSR count). The van der Waals surface area contributed by atoms with Gasteiger partial charge in [-0.3, -0.25) is 24.1 Å². The minimum atomic E-state index is -1.43. The Bertz CT molecular complexity index is 630. The van der Waals surface area contributed by atoms with E-state index in [-0.39, 0.29) is 12.8 Å². The Morgan fingerprint density at radius 1 is 1.04 bits per heavy atom. The van der Waals surface area contributed by atoms with Gasteiger partial charge >= 0.3 is 0 Å². The topological polar surface area (TPSA) is 83.6 Å². The summed E-state index contributed by atoms with van der Waals surface area (Å²) in [5, 5.41) is 2.61. The standard InChI is InChI=1S/C17H20N2O4/c1-17(2,3)15(22)14(19-12(20)9-10-13(19)21)16(23)18-11-7-5-4-6-8-11/h4-8,14H,9-10H2,1-3H3,(H,18,23)/t14-/m0/s1. The van der Waals surface area contributed by atoms with Gasteiger partial charge in [-0.1, -0.05) is 39.0 Å². The molecule has 1 atom stereocenters. The number of anilines is 1. The minimum Gasteiger partial charge on any atom is -0.324 e. The lowest BCUT2D eigenvalue weighted by Gasteiger charge is -2.29. The predicted octanol–water partition coefficient (Wildman–Crippen LogP) is 1.76. The van der Waals surface area contributed by atoms with E-state index in [1.165, 1.54) is 0 Å². The second kappa shape index (κ2) is 6.32. The van der Waals surface area contributed by atoms with Crippen molar-refractivity contribution in [3.63, 3.8) is 0 Å². The number of para-hydroxylation sites is 1. The smallest absolute Gasteiger partial charge is 0.255 e. The van der Waals surface area contributed by atoms with Crippen molar-refractivity contribution in [1.82, 2.24) is 4.90 Å². The number of carbonyl (C=O) groups excluding carboxylic acids is 4. The number of imide groups is 1. The summed E-state index contributed by atoms with van der Waals surface area (Å²) >= 11 is 0. The van der Waals surface area contributed by atoms with E-state index in [0.29, 0.717) is 5.69 Å². The predicted molar refractivity (Wildman–Crippen MR) is 84.4 cm³/mol. The number of amides is 3. The molecule has 0 aromatic heterocycles. The number of ketones is 1. The fraction of sp³-hybridized carbons (Fsp3) is 0.412. The summed E-state index contributed by atoms with van der Waals surface area (Å²) in [6, 6.07) is 7.18. The van der Waals surface area contributed by atoms with Crippen molar-refractivity contribution in [2.24, 2.45) is 5.41 Å². The summed E-state index contributed by atoms with van der Waals surface area (Å²) in [6.07, 6.45) is 0.0662. The van der Waals surface area contributed by atoms with Crippen molar-refractivity contribution in [2.75, 3.05) is 5.32 Å². The van der Waals surface area contributed by atoms with Crippen molar-refractivity contribution in [1.29, 1.82) is 0 Å². The van der Waals surface area contributed by atoms with E-state index in [1.807, 2.05) is 0 Å². The molecule has 0 bridgehead atoms. The first-order valence-corrected chi connectivity index (χ1v) is 7.47. The molecule has 1 aliphatic heterocycles. The molecular formula is C17H20N2O4. The Morgan fingerprint density at radius 2 is 1.57 bits per heavy atom. The molecule has 0 spiro atoms. The molecule has 0 aliphatic carbocycles. The van der Waals surface area contributed by atoms with Gasteiger partial charge in [0.05, 0.1) is 0 Å². The fourth-order valence-electron chi connectivity index (χ4n) is 2.38. The van der Waals surface area contributed by atoms with Crippen LogP contribution in [0.5, 0.6) is 0 Å². The molecule has 3 amide bonds. The molecule has 1 saturated heterocycles. The second-order valence-corrected chi connectivity index (χ2v) is 6.53. The van der Waals surface area contributed by atoms with Crippen LogP contribution < -0.4 is 5.32 Å². The van der Waals surface area contributed by atoms with Gasteiger partial charge in [0.2, 0.25) is 11.8 Å². The molecule has 6 heteroatoms. The molecule has 1 aliphatic rings. The van der Waals surface area contributed by atoms with E-state index in [0.717, 1.165) is 4.90 Å². The minimum absolute atomic E-state index is 0.0331. The van der Waals surface area contributed by atoms with Gasteiger partial charge in [-0.25, -0.2) is 0 Å². The monoisotopic (exact) mass is 316 g/mol. The zero-order valence-electron chi connectivity index (χ0n) is 13.5. The van der Waals surface area contributed by atoms with E-state index >= 15 is 0 Å². The van der Waals surface area contributed by atoms with Crippen molar-refractivity contribution < 1.29 is 19.2 Å². The highest BCUT2D eigenvalue weighted by Crippen LogP contribution is 2.25. The summed E-state index contributed by atoms with van der Waals surface area (Å²) in [4.78, 5) is 50.1. The molecule has 1 aromatic rings. The number of Topliss-reactive ketones (excluding diaryl/α,β-unsaturated/α-hetero) is 1. The average molecular weight is 316 g/mol. The summed E-state index contributed by atoms with van der Waals surface area (Å²) in [6.45, 7) is 4.97. The van der Waals surface area contributed by atoms with E-state index in [9.17, 15) is 19.2 Å². The first kappa shape index (κ1) is 16.9. The lowest BCUT2D eigenvalue weighted by Crippen LogP contribution is -2.54. The van der Waals surface area contributed by atoms with Crippen LogP contribution in [0.3, 0.4) is 0 Å². The number of hydrogen-bond donors (Lipinski definition) is 1. The Balaban J connectivity index is 2.33. The van der Waals surface area contributed by atoms with Gasteiger partial charge in [0.15, 0.2) is 11.8 Å². The van der Waals surface area contributed by atoms with Crippen LogP contribution in [-0.4, -0.2) is 34.4 Å². The zero-order chi connectivity index (χ0) is 17.2. The van der Waals surface area contributed by atoms with Crippen LogP contribution in [0.25, 0.3) is 0 Å². The summed E-state index contributed by atoms with van der Waals surface area (Å²) in [7, 11) is 0. The number of hydrogen-bond acceptors (Lipinski definition) is 4. The number of rotatable bonds is 4. The average Bonchev–Trinajstić information content (AvgIpc) is 2.80. The number of carbonyl (C=O) groups is 4. The van der Waals surface area contributed by atoms with E-state index in [2.05, 4.69) is 5.32 Å². The van der Waals surface area contributed by atoms with Gasteiger partial charge in [-0.05, 0) is 12.1 Å². The maximum atomic E-state index is 12.7. The highest BCUT2D eigenvalue weighted by atomic mass is 16.2. The first-order valence-electron chi connectivity index (χ1n) is 7.47. The largest absolute Gasteiger partial charge is 0.324 e. The number of likely N-dealkylation sites (tertiary alicyclic amines) is 1. The van der Waals surface area contributed by atoms with Crippen LogP contribution in [0.15, 0.2) is 30.3 Å². The van der Waals surface area contributed by atoms with Gasteiger partial charge < -0.3 is 5.32 Å². The lowest BCUT2D eigenvalue weighted by atomic mass is 9.85. The van der Waals surface area contributed by atoms with Gasteiger partial charge in [0, 0.05) is 23.9 Å². The van der Waals surface area contributed by atoms with Gasteiger partial charge in [0.1, 0.15) is 0 Å². The van der Waals surface area contributed by atoms with Gasteiger partial charge in [0.25, 0.3) is 5.91 Å². The van der Waals surface area contributed by atoms with E-state index in [1.54, 1.807) is 51.1 Å². The van der Waals surface area contributed by atoms with Gasteiger partial charge in [-0.2, -0.15) is 0 Å². The van der Waals surface area contributed by atoms with Crippen molar-refractivity contribution in [2.45, 2.75) is 39.7 Å². The summed E-state index contributed by atoms with van der Waals surface area (Å²) in [5.74, 6) is -2.10. The highest BCUT2D eigenvalue weighted by molar-refractivity contribution is 6.18. The Labute approximate surface area is 134 Å². The second-order valence-electron chi connectivity index (χ2n) is 6.53. The normalized spacial score (nSPS) is 16.4. The van der Waals surface area contributed by atoms with Crippen molar-refractivity contribution in [3.05, 3.63) is 30.3 Å². The van der Waals surface area contributed by atoms with Crippen LogP contribution in [0.2, 0.25) is 0 Å². The quantitative estimate of drug-likeness (QED) is 0.677. The zero-order valence-corrected chi connectivity index (χ0v) is 13.5. The van der Waals surface area contributed by atoms with Crippen LogP contribution in [-0.2, 0) is 19.2 Å². The Kier molecular flexibility index (Phi) is 4.63. The molecule has 0 saturated carbocycles. The molecule has 1 heterocycles. The van der Waals surface area contributed by atoms with Crippen LogP contribution in [0, 0.1) is 5.41 Å². The van der Waals surface area contributed by atoms with Crippen LogP contribution in [0.4, 0.5) is 5.69 Å². The third-order valence-corrected chi connectivity index (χ3v) is 3.63. The molecule has 1 aromatic carbocycles. The summed E-state index contributed by atoms with van der Waals surface area (Å²) < 4.78 is 0. The van der Waals surface area contributed by atoms with Crippen molar-refractivity contribution >= 4 is 29.2 Å². The van der Waals surface area contributed by atoms with Gasteiger partial charge in [-0.15, -0.1) is 0 Å². The Morgan fingerprint density at radius 3 is 2.04 bits per heavy atom. The number of nitrogens with zero attached hydrogens (tertiary/aromatic N) is 1. The lowest BCUT2D eigenvalue weighted by molar-refractivity contribution is -0.152. The van der Waals surface area contributed by atoms with Crippen LogP contribution in [0.1, 0.15) is 33.6 Å². The maximum Gasteiger partial charge on any atom is 0.255 e. The van der Waals surface area contributed by atoms with E-state index in [4.69, 9.17) is 0 Å². The molecule has 1 N–H and O–H groups in total. The molecule has 6 nitrogen and oxygen atoms in total. The van der Waals surface area contributed by atoms with Crippen LogP contribution >= 0.6 is 0 Å².